The summed E-state index contributed by atoms with van der Waals surface area (Å²) in [5, 5.41) is 9.40. The maximum Gasteiger partial charge on any atom is 0.320 e. The summed E-state index contributed by atoms with van der Waals surface area (Å²) in [5.41, 5.74) is 9.44. The van der Waals surface area contributed by atoms with E-state index in [0.717, 1.165) is 33.8 Å². The molecule has 4 rings (SSSR count). The number of benzene rings is 4. The fourth-order valence-corrected chi connectivity index (χ4v) is 4.60. The number of para-hydroxylation sites is 2. The first-order valence-electron chi connectivity index (χ1n) is 14.8. The number of nitrogens with zero attached hydrogens (tertiary/aromatic N) is 1. The van der Waals surface area contributed by atoms with E-state index in [1.807, 2.05) is 97.1 Å². The molecule has 0 aliphatic heterocycles. The van der Waals surface area contributed by atoms with Crippen molar-refractivity contribution in [2.75, 3.05) is 34.0 Å². The molecule has 1 atom stereocenters. The Balaban J connectivity index is 1.46. The van der Waals surface area contributed by atoms with Crippen molar-refractivity contribution in [2.24, 2.45) is 5.73 Å². The van der Waals surface area contributed by atoms with Crippen LogP contribution in [0.25, 0.3) is 0 Å². The third kappa shape index (κ3) is 10.6. The zero-order valence-corrected chi connectivity index (χ0v) is 26.1. The van der Waals surface area contributed by atoms with Gasteiger partial charge in [0.1, 0.15) is 42.3 Å². The number of carboxylic acids is 1. The fraction of sp³-hybridized carbons (Fsp3) is 0.237. The summed E-state index contributed by atoms with van der Waals surface area (Å²) < 4.78 is 22.7. The summed E-state index contributed by atoms with van der Waals surface area (Å²) in [4.78, 5) is 13.6. The highest BCUT2D eigenvalue weighted by Crippen LogP contribution is 2.24. The Morgan fingerprint density at radius 3 is 1.67 bits per heavy atom. The molecule has 236 valence electrons. The smallest absolute Gasteiger partial charge is 0.320 e. The molecule has 0 aromatic heterocycles. The van der Waals surface area contributed by atoms with E-state index in [0.29, 0.717) is 31.1 Å². The molecule has 0 unspecified atom stereocenters. The van der Waals surface area contributed by atoms with E-state index in [-0.39, 0.29) is 19.6 Å². The van der Waals surface area contributed by atoms with Crippen LogP contribution in [0.4, 0.5) is 0 Å². The average Bonchev–Trinajstić information content (AvgIpc) is 3.08. The highest BCUT2D eigenvalue weighted by Gasteiger charge is 2.17. The highest BCUT2D eigenvalue weighted by molar-refractivity contribution is 5.73. The molecular formula is C38H38N2O6. The van der Waals surface area contributed by atoms with Crippen molar-refractivity contribution in [3.8, 4) is 46.7 Å². The van der Waals surface area contributed by atoms with Gasteiger partial charge in [-0.3, -0.25) is 9.69 Å². The Morgan fingerprint density at radius 2 is 1.22 bits per heavy atom. The lowest BCUT2D eigenvalue weighted by molar-refractivity contribution is -0.138. The highest BCUT2D eigenvalue weighted by atomic mass is 16.5. The number of carboxylic acid groups (broad SMARTS) is 1. The molecule has 0 radical (unpaired) electrons. The molecule has 0 saturated carbocycles. The van der Waals surface area contributed by atoms with Gasteiger partial charge in [0.2, 0.25) is 0 Å². The van der Waals surface area contributed by atoms with Crippen LogP contribution in [-0.4, -0.2) is 56.0 Å². The Labute approximate surface area is 270 Å². The van der Waals surface area contributed by atoms with Gasteiger partial charge in [0.15, 0.2) is 0 Å². The zero-order valence-electron chi connectivity index (χ0n) is 26.1. The SMILES string of the molecule is COc1cccc(C#CCOc2ccccc2CN(CC[C@H](N)C(=O)O)Cc2ccccc2OCC#Cc2cccc(OC)c2)c1. The van der Waals surface area contributed by atoms with Crippen LogP contribution in [0, 0.1) is 23.7 Å². The lowest BCUT2D eigenvalue weighted by Crippen LogP contribution is -2.35. The molecule has 0 spiro atoms. The van der Waals surface area contributed by atoms with Crippen LogP contribution < -0.4 is 24.7 Å². The average molecular weight is 619 g/mol. The van der Waals surface area contributed by atoms with Crippen molar-refractivity contribution < 1.29 is 28.8 Å². The minimum atomic E-state index is -1.03. The van der Waals surface area contributed by atoms with Crippen LogP contribution in [0.3, 0.4) is 0 Å². The standard InChI is InChI=1S/C38H38N2O6/c1-43-33-17-7-11-29(25-33)13-9-23-45-36-19-5-3-15-31(36)27-40(22-21-35(39)38(41)42)28-32-16-4-6-20-37(32)46-24-10-14-30-12-8-18-34(26-30)44-2/h3-8,11-12,15-20,25-26,35H,21-24,27-28,39H2,1-2H3,(H,41,42)/t35-/m0/s1. The molecule has 8 nitrogen and oxygen atoms in total. The zero-order chi connectivity index (χ0) is 32.6. The maximum atomic E-state index is 11.5. The van der Waals surface area contributed by atoms with Crippen LogP contribution in [0.15, 0.2) is 97.1 Å². The minimum Gasteiger partial charge on any atom is -0.497 e. The number of aliphatic carboxylic acids is 1. The van der Waals surface area contributed by atoms with Gasteiger partial charge in [0, 0.05) is 41.9 Å². The van der Waals surface area contributed by atoms with Gasteiger partial charge in [0.25, 0.3) is 0 Å². The molecular weight excluding hydrogens is 580 g/mol. The predicted molar refractivity (Wildman–Crippen MR) is 178 cm³/mol. The number of carbonyl (C=O) groups is 1. The molecule has 0 heterocycles. The summed E-state index contributed by atoms with van der Waals surface area (Å²) in [7, 11) is 3.24. The second-order valence-corrected chi connectivity index (χ2v) is 10.3. The summed E-state index contributed by atoms with van der Waals surface area (Å²) in [6, 6.07) is 29.6. The lowest BCUT2D eigenvalue weighted by Gasteiger charge is -2.25. The van der Waals surface area contributed by atoms with Crippen molar-refractivity contribution in [3.05, 3.63) is 119 Å². The number of hydrogen-bond acceptors (Lipinski definition) is 7. The van der Waals surface area contributed by atoms with E-state index in [2.05, 4.69) is 28.6 Å². The number of ether oxygens (including phenoxy) is 4. The van der Waals surface area contributed by atoms with Crippen LogP contribution in [0.1, 0.15) is 28.7 Å². The van der Waals surface area contributed by atoms with Crippen LogP contribution >= 0.6 is 0 Å². The molecule has 4 aromatic rings. The summed E-state index contributed by atoms with van der Waals surface area (Å²) in [6.45, 7) is 1.84. The van der Waals surface area contributed by atoms with E-state index < -0.39 is 12.0 Å². The van der Waals surface area contributed by atoms with Gasteiger partial charge in [-0.2, -0.15) is 0 Å². The van der Waals surface area contributed by atoms with Crippen molar-refractivity contribution in [1.29, 1.82) is 0 Å². The molecule has 0 amide bonds. The van der Waals surface area contributed by atoms with Crippen molar-refractivity contribution in [2.45, 2.75) is 25.6 Å². The van der Waals surface area contributed by atoms with Crippen LogP contribution in [0.5, 0.6) is 23.0 Å². The molecule has 46 heavy (non-hydrogen) atoms. The van der Waals surface area contributed by atoms with Gasteiger partial charge in [-0.15, -0.1) is 0 Å². The van der Waals surface area contributed by atoms with Crippen molar-refractivity contribution >= 4 is 5.97 Å². The molecule has 8 heteroatoms. The Bertz CT molecular complexity index is 1600. The summed E-state index contributed by atoms with van der Waals surface area (Å²) in [5.74, 6) is 14.2. The Hall–Kier alpha value is -5.41. The van der Waals surface area contributed by atoms with Crippen LogP contribution in [-0.2, 0) is 17.9 Å². The normalized spacial score (nSPS) is 11.0. The van der Waals surface area contributed by atoms with E-state index in [4.69, 9.17) is 24.7 Å². The van der Waals surface area contributed by atoms with Gasteiger partial charge in [0.05, 0.1) is 14.2 Å². The number of methoxy groups -OCH3 is 2. The Morgan fingerprint density at radius 1 is 0.739 bits per heavy atom. The van der Waals surface area contributed by atoms with E-state index in [9.17, 15) is 9.90 Å². The van der Waals surface area contributed by atoms with Crippen LogP contribution in [0.2, 0.25) is 0 Å². The van der Waals surface area contributed by atoms with Crippen molar-refractivity contribution in [1.82, 2.24) is 4.90 Å². The van der Waals surface area contributed by atoms with E-state index in [1.54, 1.807) is 14.2 Å². The second-order valence-electron chi connectivity index (χ2n) is 10.3. The lowest BCUT2D eigenvalue weighted by atomic mass is 10.1. The molecule has 0 bridgehead atoms. The first kappa shape index (κ1) is 33.5. The molecule has 0 saturated heterocycles. The molecule has 0 fully saturated rings. The maximum absolute atomic E-state index is 11.5. The van der Waals surface area contributed by atoms with Crippen molar-refractivity contribution in [3.63, 3.8) is 0 Å². The summed E-state index contributed by atoms with van der Waals surface area (Å²) in [6.07, 6.45) is 0.277. The first-order chi connectivity index (χ1) is 22.4. The predicted octanol–water partition coefficient (Wildman–Crippen LogP) is 5.37. The molecule has 0 aliphatic rings. The minimum absolute atomic E-state index is 0.200. The Kier molecular flexibility index (Phi) is 12.9. The van der Waals surface area contributed by atoms with E-state index >= 15 is 0 Å². The van der Waals surface area contributed by atoms with Gasteiger partial charge in [-0.05, 0) is 55.0 Å². The largest absolute Gasteiger partial charge is 0.497 e. The third-order valence-electron chi connectivity index (χ3n) is 7.01. The van der Waals surface area contributed by atoms with Gasteiger partial charge < -0.3 is 29.8 Å². The molecule has 3 N–H and O–H groups in total. The number of rotatable bonds is 14. The third-order valence-corrected chi connectivity index (χ3v) is 7.01. The van der Waals surface area contributed by atoms with E-state index in [1.165, 1.54) is 0 Å². The first-order valence-corrected chi connectivity index (χ1v) is 14.8. The monoisotopic (exact) mass is 618 g/mol. The number of nitrogens with two attached hydrogens (primary N) is 1. The molecule has 0 aliphatic carbocycles. The molecule has 4 aromatic carbocycles. The van der Waals surface area contributed by atoms with Gasteiger partial charge >= 0.3 is 5.97 Å². The topological polar surface area (TPSA) is 103 Å². The summed E-state index contributed by atoms with van der Waals surface area (Å²) >= 11 is 0. The quantitative estimate of drug-likeness (QED) is 0.182. The second kappa shape index (κ2) is 17.8. The fourth-order valence-electron chi connectivity index (χ4n) is 4.60. The van der Waals surface area contributed by atoms with Gasteiger partial charge in [-0.1, -0.05) is 72.2 Å². The van der Waals surface area contributed by atoms with Gasteiger partial charge in [-0.25, -0.2) is 0 Å². The number of hydrogen-bond donors (Lipinski definition) is 2.